The summed E-state index contributed by atoms with van der Waals surface area (Å²) in [5.74, 6) is -2.82. The zero-order chi connectivity index (χ0) is 22.8. The maximum atomic E-state index is 13.7. The number of ether oxygens (including phenoxy) is 1. The maximum absolute atomic E-state index is 13.7. The Labute approximate surface area is 187 Å². The first-order valence-corrected chi connectivity index (χ1v) is 10.1. The molecule has 0 radical (unpaired) electrons. The van der Waals surface area contributed by atoms with Gasteiger partial charge >= 0.3 is 0 Å². The van der Waals surface area contributed by atoms with Gasteiger partial charge in [0.15, 0.2) is 11.6 Å². The summed E-state index contributed by atoms with van der Waals surface area (Å²) in [4.78, 5) is 27.7. The minimum atomic E-state index is -1.08. The van der Waals surface area contributed by atoms with Gasteiger partial charge in [-0.2, -0.15) is 0 Å². The lowest BCUT2D eigenvalue weighted by atomic mass is 10.0. The monoisotopic (exact) mass is 454 g/mol. The summed E-state index contributed by atoms with van der Waals surface area (Å²) in [5, 5.41) is 3.25. The predicted molar refractivity (Wildman–Crippen MR) is 118 cm³/mol. The van der Waals surface area contributed by atoms with Crippen LogP contribution in [0.25, 0.3) is 5.57 Å². The molecule has 3 aromatic carbocycles. The van der Waals surface area contributed by atoms with Gasteiger partial charge in [-0.05, 0) is 48.9 Å². The van der Waals surface area contributed by atoms with Crippen LogP contribution < -0.4 is 15.0 Å². The largest absolute Gasteiger partial charge is 0.494 e. The van der Waals surface area contributed by atoms with Gasteiger partial charge in [0, 0.05) is 22.8 Å². The molecule has 1 aliphatic heterocycles. The Balaban J connectivity index is 1.80. The Kier molecular flexibility index (Phi) is 5.92. The van der Waals surface area contributed by atoms with E-state index in [0.29, 0.717) is 28.6 Å². The molecule has 0 aromatic heterocycles. The summed E-state index contributed by atoms with van der Waals surface area (Å²) in [5.41, 5.74) is 0.903. The molecule has 32 heavy (non-hydrogen) atoms. The second kappa shape index (κ2) is 8.80. The van der Waals surface area contributed by atoms with E-state index >= 15 is 0 Å². The van der Waals surface area contributed by atoms with Gasteiger partial charge in [-0.15, -0.1) is 0 Å². The molecule has 0 aliphatic carbocycles. The second-order valence-corrected chi connectivity index (χ2v) is 7.32. The molecule has 0 spiro atoms. The average Bonchev–Trinajstić information content (AvgIpc) is 3.01. The molecule has 0 unspecified atom stereocenters. The van der Waals surface area contributed by atoms with Gasteiger partial charge in [0.05, 0.1) is 17.9 Å². The summed E-state index contributed by atoms with van der Waals surface area (Å²) in [6.07, 6.45) is 0. The zero-order valence-corrected chi connectivity index (χ0v) is 17.6. The zero-order valence-electron chi connectivity index (χ0n) is 16.9. The second-order valence-electron chi connectivity index (χ2n) is 6.89. The van der Waals surface area contributed by atoms with Crippen molar-refractivity contribution in [3.8, 4) is 5.75 Å². The molecule has 0 saturated heterocycles. The molecule has 1 heterocycles. The third kappa shape index (κ3) is 4.07. The molecule has 3 aromatic rings. The van der Waals surface area contributed by atoms with E-state index in [2.05, 4.69) is 5.32 Å². The minimum Gasteiger partial charge on any atom is -0.494 e. The van der Waals surface area contributed by atoms with Crippen LogP contribution in [0.1, 0.15) is 12.5 Å². The molecule has 4 rings (SSSR count). The van der Waals surface area contributed by atoms with E-state index in [1.807, 2.05) is 6.92 Å². The molecule has 0 bridgehead atoms. The third-order valence-corrected chi connectivity index (χ3v) is 5.04. The molecule has 2 amide bonds. The van der Waals surface area contributed by atoms with Crippen molar-refractivity contribution in [3.05, 3.63) is 94.6 Å². The standard InChI is InChI=1S/C24H17ClF2N2O3/c1-2-32-18-5-3-4-17(13-18)29-23(30)21(14-6-8-15(25)9-7-14)22(24(29)31)28-16-10-11-19(26)20(27)12-16/h3-13,28H,2H2,1H3. The number of nitrogens with one attached hydrogen (secondary N) is 1. The van der Waals surface area contributed by atoms with Crippen molar-refractivity contribution in [1.82, 2.24) is 0 Å². The van der Waals surface area contributed by atoms with E-state index in [1.165, 1.54) is 6.07 Å². The first kappa shape index (κ1) is 21.5. The van der Waals surface area contributed by atoms with E-state index in [9.17, 15) is 18.4 Å². The highest BCUT2D eigenvalue weighted by Crippen LogP contribution is 2.35. The summed E-state index contributed by atoms with van der Waals surface area (Å²) in [6, 6.07) is 16.1. The van der Waals surface area contributed by atoms with Crippen LogP contribution in [0.5, 0.6) is 5.75 Å². The van der Waals surface area contributed by atoms with Crippen LogP contribution in [0.2, 0.25) is 5.02 Å². The number of rotatable bonds is 6. The molecule has 0 fully saturated rings. The summed E-state index contributed by atoms with van der Waals surface area (Å²) in [7, 11) is 0. The fraction of sp³-hybridized carbons (Fsp3) is 0.0833. The predicted octanol–water partition coefficient (Wildman–Crippen LogP) is 5.41. The highest BCUT2D eigenvalue weighted by Gasteiger charge is 2.40. The number of hydrogen-bond donors (Lipinski definition) is 1. The summed E-state index contributed by atoms with van der Waals surface area (Å²) >= 11 is 5.97. The molecular formula is C24H17ClF2N2O3. The van der Waals surface area contributed by atoms with Gasteiger partial charge in [0.25, 0.3) is 11.8 Å². The minimum absolute atomic E-state index is 0.0647. The van der Waals surface area contributed by atoms with Crippen LogP contribution in [0.4, 0.5) is 20.2 Å². The van der Waals surface area contributed by atoms with E-state index < -0.39 is 23.4 Å². The molecule has 8 heteroatoms. The summed E-state index contributed by atoms with van der Waals surface area (Å²) < 4.78 is 32.6. The van der Waals surface area contributed by atoms with Gasteiger partial charge in [-0.25, -0.2) is 13.7 Å². The van der Waals surface area contributed by atoms with E-state index in [-0.39, 0.29) is 17.0 Å². The van der Waals surface area contributed by atoms with Crippen LogP contribution in [-0.2, 0) is 9.59 Å². The first-order chi connectivity index (χ1) is 15.4. The highest BCUT2D eigenvalue weighted by molar-refractivity contribution is 6.46. The molecule has 1 N–H and O–H groups in total. The number of carbonyl (C=O) groups excluding carboxylic acids is 2. The molecule has 5 nitrogen and oxygen atoms in total. The summed E-state index contributed by atoms with van der Waals surface area (Å²) in [6.45, 7) is 2.24. The molecule has 0 saturated carbocycles. The number of amides is 2. The van der Waals surface area contributed by atoms with E-state index in [0.717, 1.165) is 17.0 Å². The topological polar surface area (TPSA) is 58.6 Å². The van der Waals surface area contributed by atoms with Crippen molar-refractivity contribution >= 4 is 40.4 Å². The van der Waals surface area contributed by atoms with Crippen molar-refractivity contribution < 1.29 is 23.1 Å². The van der Waals surface area contributed by atoms with Gasteiger partial charge in [-0.3, -0.25) is 9.59 Å². The van der Waals surface area contributed by atoms with Crippen LogP contribution in [-0.4, -0.2) is 18.4 Å². The number of hydrogen-bond acceptors (Lipinski definition) is 4. The Morgan fingerprint density at radius 1 is 0.938 bits per heavy atom. The fourth-order valence-electron chi connectivity index (χ4n) is 3.36. The quantitative estimate of drug-likeness (QED) is 0.506. The molecule has 0 atom stereocenters. The fourth-order valence-corrected chi connectivity index (χ4v) is 3.49. The maximum Gasteiger partial charge on any atom is 0.282 e. The molecule has 1 aliphatic rings. The van der Waals surface area contributed by atoms with Crippen LogP contribution in [0.3, 0.4) is 0 Å². The lowest BCUT2D eigenvalue weighted by molar-refractivity contribution is -0.120. The Bertz CT molecular complexity index is 1240. The number of imide groups is 1. The Morgan fingerprint density at radius 2 is 1.69 bits per heavy atom. The smallest absolute Gasteiger partial charge is 0.282 e. The van der Waals surface area contributed by atoms with Crippen molar-refractivity contribution in [1.29, 1.82) is 0 Å². The molecular weight excluding hydrogens is 438 g/mol. The average molecular weight is 455 g/mol. The number of benzene rings is 3. The van der Waals surface area contributed by atoms with Crippen LogP contribution in [0.15, 0.2) is 72.4 Å². The van der Waals surface area contributed by atoms with Gasteiger partial charge in [0.1, 0.15) is 11.4 Å². The van der Waals surface area contributed by atoms with Crippen molar-refractivity contribution in [2.24, 2.45) is 0 Å². The highest BCUT2D eigenvalue weighted by atomic mass is 35.5. The van der Waals surface area contributed by atoms with Crippen molar-refractivity contribution in [2.75, 3.05) is 16.8 Å². The first-order valence-electron chi connectivity index (χ1n) is 9.73. The molecule has 162 valence electrons. The van der Waals surface area contributed by atoms with Gasteiger partial charge in [0.2, 0.25) is 0 Å². The normalized spacial score (nSPS) is 13.7. The third-order valence-electron chi connectivity index (χ3n) is 4.79. The number of halogens is 3. The van der Waals surface area contributed by atoms with Crippen molar-refractivity contribution in [3.63, 3.8) is 0 Å². The SMILES string of the molecule is CCOc1cccc(N2C(=O)C(Nc3ccc(F)c(F)c3)=C(c3ccc(Cl)cc3)C2=O)c1. The van der Waals surface area contributed by atoms with E-state index in [1.54, 1.807) is 48.5 Å². The van der Waals surface area contributed by atoms with Gasteiger partial charge < -0.3 is 10.1 Å². The lowest BCUT2D eigenvalue weighted by Crippen LogP contribution is -2.32. The van der Waals surface area contributed by atoms with Crippen molar-refractivity contribution in [2.45, 2.75) is 6.92 Å². The van der Waals surface area contributed by atoms with Gasteiger partial charge in [-0.1, -0.05) is 29.8 Å². The van der Waals surface area contributed by atoms with Crippen LogP contribution in [0, 0.1) is 11.6 Å². The lowest BCUT2D eigenvalue weighted by Gasteiger charge is -2.16. The number of nitrogens with zero attached hydrogens (tertiary/aromatic N) is 1. The Hall–Kier alpha value is -3.71. The number of anilines is 2. The Morgan fingerprint density at radius 3 is 2.38 bits per heavy atom. The van der Waals surface area contributed by atoms with Crippen LogP contribution >= 0.6 is 11.6 Å². The number of carbonyl (C=O) groups is 2. The van der Waals surface area contributed by atoms with E-state index in [4.69, 9.17) is 16.3 Å².